The van der Waals surface area contributed by atoms with Crippen molar-refractivity contribution in [2.45, 2.75) is 43.5 Å². The lowest BCUT2D eigenvalue weighted by molar-refractivity contribution is -0.130. The molecular formula is C15H19F2NOS. The predicted octanol–water partition coefficient (Wildman–Crippen LogP) is 3.85. The number of amides is 1. The van der Waals surface area contributed by atoms with Crippen LogP contribution in [0.25, 0.3) is 0 Å². The van der Waals surface area contributed by atoms with Crippen molar-refractivity contribution in [3.8, 4) is 0 Å². The molecule has 0 atom stereocenters. The molecule has 2 rings (SSSR count). The second-order valence-corrected chi connectivity index (χ2v) is 6.03. The Balaban J connectivity index is 1.91. The monoisotopic (exact) mass is 299 g/mol. The van der Waals surface area contributed by atoms with Gasteiger partial charge in [0.15, 0.2) is 11.6 Å². The van der Waals surface area contributed by atoms with Crippen molar-refractivity contribution in [2.75, 3.05) is 12.3 Å². The van der Waals surface area contributed by atoms with Gasteiger partial charge in [-0.2, -0.15) is 0 Å². The number of hydrogen-bond donors (Lipinski definition) is 0. The zero-order valence-corrected chi connectivity index (χ0v) is 12.4. The molecule has 20 heavy (non-hydrogen) atoms. The van der Waals surface area contributed by atoms with Crippen LogP contribution < -0.4 is 0 Å². The lowest BCUT2D eigenvalue weighted by Crippen LogP contribution is -2.39. The smallest absolute Gasteiger partial charge is 0.233 e. The van der Waals surface area contributed by atoms with Gasteiger partial charge < -0.3 is 4.90 Å². The summed E-state index contributed by atoms with van der Waals surface area (Å²) >= 11 is 1.26. The van der Waals surface area contributed by atoms with E-state index in [0.717, 1.165) is 25.0 Å². The molecule has 1 amide bonds. The van der Waals surface area contributed by atoms with Crippen LogP contribution in [-0.4, -0.2) is 29.1 Å². The molecular weight excluding hydrogens is 280 g/mol. The van der Waals surface area contributed by atoms with Crippen molar-refractivity contribution in [1.82, 2.24) is 4.90 Å². The van der Waals surface area contributed by atoms with Crippen molar-refractivity contribution in [1.29, 1.82) is 0 Å². The highest BCUT2D eigenvalue weighted by Gasteiger charge is 2.25. The van der Waals surface area contributed by atoms with Gasteiger partial charge in [-0.3, -0.25) is 4.79 Å². The van der Waals surface area contributed by atoms with E-state index >= 15 is 0 Å². The molecule has 0 bridgehead atoms. The highest BCUT2D eigenvalue weighted by atomic mass is 32.2. The number of benzene rings is 1. The topological polar surface area (TPSA) is 20.3 Å². The third kappa shape index (κ3) is 3.72. The average molecular weight is 299 g/mol. The Kier molecular flexibility index (Phi) is 5.40. The molecule has 0 saturated heterocycles. The Bertz CT molecular complexity index is 475. The molecule has 0 unspecified atom stereocenters. The molecule has 0 radical (unpaired) electrons. The van der Waals surface area contributed by atoms with E-state index in [9.17, 15) is 13.6 Å². The van der Waals surface area contributed by atoms with E-state index in [1.165, 1.54) is 30.7 Å². The van der Waals surface area contributed by atoms with E-state index in [-0.39, 0.29) is 11.7 Å². The maximum atomic E-state index is 13.1. The van der Waals surface area contributed by atoms with Gasteiger partial charge in [-0.25, -0.2) is 8.78 Å². The quantitative estimate of drug-likeness (QED) is 0.770. The molecule has 1 aromatic carbocycles. The molecule has 1 aromatic rings. The number of thioether (sulfide) groups is 1. The molecule has 1 aliphatic rings. The van der Waals surface area contributed by atoms with Crippen LogP contribution in [0.5, 0.6) is 0 Å². The summed E-state index contributed by atoms with van der Waals surface area (Å²) in [5, 5.41) is 0. The summed E-state index contributed by atoms with van der Waals surface area (Å²) in [5.74, 6) is -1.38. The minimum atomic E-state index is -0.870. The van der Waals surface area contributed by atoms with Gasteiger partial charge in [0.05, 0.1) is 5.75 Å². The van der Waals surface area contributed by atoms with Gasteiger partial charge in [0.25, 0.3) is 0 Å². The first-order valence-corrected chi connectivity index (χ1v) is 7.97. The summed E-state index contributed by atoms with van der Waals surface area (Å²) in [6.45, 7) is 2.69. The third-order valence-electron chi connectivity index (χ3n) is 3.68. The van der Waals surface area contributed by atoms with E-state index in [1.807, 2.05) is 11.8 Å². The van der Waals surface area contributed by atoms with Crippen molar-refractivity contribution < 1.29 is 13.6 Å². The molecule has 110 valence electrons. The summed E-state index contributed by atoms with van der Waals surface area (Å²) in [6, 6.07) is 4.09. The fraction of sp³-hybridized carbons (Fsp3) is 0.533. The van der Waals surface area contributed by atoms with Crippen LogP contribution in [0.1, 0.15) is 32.6 Å². The van der Waals surface area contributed by atoms with Gasteiger partial charge >= 0.3 is 0 Å². The molecule has 5 heteroatoms. The maximum absolute atomic E-state index is 13.1. The molecule has 1 fully saturated rings. The Labute approximate surface area is 122 Å². The zero-order valence-electron chi connectivity index (χ0n) is 11.6. The highest BCUT2D eigenvalue weighted by molar-refractivity contribution is 8.00. The van der Waals surface area contributed by atoms with Crippen molar-refractivity contribution >= 4 is 17.7 Å². The first-order valence-electron chi connectivity index (χ1n) is 6.99. The highest BCUT2D eigenvalue weighted by Crippen LogP contribution is 2.25. The summed E-state index contributed by atoms with van der Waals surface area (Å²) in [4.78, 5) is 14.7. The first-order chi connectivity index (χ1) is 9.61. The molecule has 0 aliphatic heterocycles. The number of nitrogens with zero attached hydrogens (tertiary/aromatic N) is 1. The molecule has 1 aliphatic carbocycles. The van der Waals surface area contributed by atoms with E-state index in [1.54, 1.807) is 0 Å². The number of carbonyl (C=O) groups excluding carboxylic acids is 1. The van der Waals surface area contributed by atoms with Crippen LogP contribution >= 0.6 is 11.8 Å². The van der Waals surface area contributed by atoms with E-state index in [0.29, 0.717) is 17.5 Å². The van der Waals surface area contributed by atoms with Gasteiger partial charge in [0, 0.05) is 17.5 Å². The SMILES string of the molecule is CCN(C(=O)CSc1ccc(F)c(F)c1)C1CCCC1. The first kappa shape index (κ1) is 15.3. The van der Waals surface area contributed by atoms with Crippen LogP contribution in [-0.2, 0) is 4.79 Å². The molecule has 0 N–H and O–H groups in total. The van der Waals surface area contributed by atoms with Crippen LogP contribution in [0.4, 0.5) is 8.78 Å². The van der Waals surface area contributed by atoms with Crippen molar-refractivity contribution in [3.05, 3.63) is 29.8 Å². The van der Waals surface area contributed by atoms with E-state index in [2.05, 4.69) is 0 Å². The standard InChI is InChI=1S/C15H19F2NOS/c1-2-18(11-5-3-4-6-11)15(19)10-20-12-7-8-13(16)14(17)9-12/h7-9,11H,2-6,10H2,1H3. The second kappa shape index (κ2) is 7.07. The summed E-state index contributed by atoms with van der Waals surface area (Å²) in [5.41, 5.74) is 0. The van der Waals surface area contributed by atoms with Crippen molar-refractivity contribution in [3.63, 3.8) is 0 Å². The van der Waals surface area contributed by atoms with Crippen LogP contribution in [0.15, 0.2) is 23.1 Å². The number of halogens is 2. The van der Waals surface area contributed by atoms with E-state index in [4.69, 9.17) is 0 Å². The van der Waals surface area contributed by atoms with Gasteiger partial charge in [0.2, 0.25) is 5.91 Å². The van der Waals surface area contributed by atoms with Gasteiger partial charge in [-0.15, -0.1) is 11.8 Å². The molecule has 2 nitrogen and oxygen atoms in total. The van der Waals surface area contributed by atoms with Gasteiger partial charge in [0.1, 0.15) is 0 Å². The fourth-order valence-electron chi connectivity index (χ4n) is 2.65. The molecule has 0 heterocycles. The number of hydrogen-bond acceptors (Lipinski definition) is 2. The number of rotatable bonds is 5. The normalized spacial score (nSPS) is 15.6. The summed E-state index contributed by atoms with van der Waals surface area (Å²) in [7, 11) is 0. The number of carbonyl (C=O) groups is 1. The van der Waals surface area contributed by atoms with E-state index < -0.39 is 11.6 Å². The second-order valence-electron chi connectivity index (χ2n) is 4.98. The van der Waals surface area contributed by atoms with Crippen molar-refractivity contribution in [2.24, 2.45) is 0 Å². The lowest BCUT2D eigenvalue weighted by atomic mass is 10.2. The minimum absolute atomic E-state index is 0.0779. The maximum Gasteiger partial charge on any atom is 0.233 e. The van der Waals surface area contributed by atoms with Crippen LogP contribution in [0.3, 0.4) is 0 Å². The molecule has 0 spiro atoms. The molecule has 1 saturated carbocycles. The largest absolute Gasteiger partial charge is 0.339 e. The summed E-state index contributed by atoms with van der Waals surface area (Å²) in [6.07, 6.45) is 4.53. The Hall–Kier alpha value is -1.10. The van der Waals surface area contributed by atoms with Gasteiger partial charge in [-0.05, 0) is 38.0 Å². The fourth-order valence-corrected chi connectivity index (χ4v) is 3.46. The zero-order chi connectivity index (χ0) is 14.5. The van der Waals surface area contributed by atoms with Crippen LogP contribution in [0.2, 0.25) is 0 Å². The lowest BCUT2D eigenvalue weighted by Gasteiger charge is -2.27. The predicted molar refractivity (Wildman–Crippen MR) is 76.7 cm³/mol. The molecule has 0 aromatic heterocycles. The summed E-state index contributed by atoms with van der Waals surface area (Å²) < 4.78 is 25.9. The Morgan fingerprint density at radius 2 is 2.00 bits per heavy atom. The third-order valence-corrected chi connectivity index (χ3v) is 4.66. The minimum Gasteiger partial charge on any atom is -0.339 e. The van der Waals surface area contributed by atoms with Gasteiger partial charge in [-0.1, -0.05) is 12.8 Å². The van der Waals surface area contributed by atoms with Crippen LogP contribution in [0, 0.1) is 11.6 Å². The average Bonchev–Trinajstić information content (AvgIpc) is 2.95. The Morgan fingerprint density at radius 1 is 1.30 bits per heavy atom. The Morgan fingerprint density at radius 3 is 2.60 bits per heavy atom.